The third-order valence-electron chi connectivity index (χ3n) is 3.47. The van der Waals surface area contributed by atoms with Crippen LogP contribution in [0.1, 0.15) is 31.6 Å². The summed E-state index contributed by atoms with van der Waals surface area (Å²) in [7, 11) is 0. The predicted octanol–water partition coefficient (Wildman–Crippen LogP) is 2.24. The Labute approximate surface area is 138 Å². The van der Waals surface area contributed by atoms with Crippen molar-refractivity contribution in [2.24, 2.45) is 0 Å². The number of hydrogen-bond donors (Lipinski definition) is 1. The molecule has 0 aromatic carbocycles. The number of carbonyl (C=O) groups is 1. The van der Waals surface area contributed by atoms with Crippen LogP contribution in [0.15, 0.2) is 36.8 Å². The molecule has 1 unspecified atom stereocenters. The molecule has 23 heavy (non-hydrogen) atoms. The number of nitrogens with one attached hydrogen (secondary N) is 1. The highest BCUT2D eigenvalue weighted by molar-refractivity contribution is 6.30. The molecule has 0 aliphatic carbocycles. The van der Waals surface area contributed by atoms with Crippen LogP contribution in [0.5, 0.6) is 0 Å². The van der Waals surface area contributed by atoms with E-state index in [1.165, 1.54) is 10.9 Å². The van der Waals surface area contributed by atoms with Gasteiger partial charge in [0.25, 0.3) is 0 Å². The fraction of sp³-hybridized carbons (Fsp3) is 0.333. The molecule has 3 rings (SSSR count). The quantitative estimate of drug-likeness (QED) is 0.751. The molecule has 0 radical (unpaired) electrons. The Bertz CT molecular complexity index is 811. The van der Waals surface area contributed by atoms with E-state index in [1.54, 1.807) is 6.20 Å². The second-order valence-electron chi connectivity index (χ2n) is 5.25. The van der Waals surface area contributed by atoms with Gasteiger partial charge in [-0.05, 0) is 18.6 Å². The van der Waals surface area contributed by atoms with Gasteiger partial charge in [0.1, 0.15) is 6.54 Å². The Morgan fingerprint density at radius 1 is 1.39 bits per heavy atom. The van der Waals surface area contributed by atoms with Crippen molar-refractivity contribution in [3.05, 3.63) is 47.6 Å². The largest absolute Gasteiger partial charge is 0.344 e. The van der Waals surface area contributed by atoms with Crippen molar-refractivity contribution in [1.29, 1.82) is 0 Å². The van der Waals surface area contributed by atoms with Gasteiger partial charge in [-0.2, -0.15) is 5.10 Å². The van der Waals surface area contributed by atoms with Crippen molar-refractivity contribution in [1.82, 2.24) is 29.7 Å². The standard InChI is InChI=1S/C15H17ClN6O/c1-2-5-12(15-20-19-13-6-3-4-7-22(13)15)18-14(23)10-21-9-11(16)8-17-21/h3-4,6-9,12H,2,5,10H2,1H3,(H,18,23). The van der Waals surface area contributed by atoms with Gasteiger partial charge in [0.05, 0.1) is 17.3 Å². The monoisotopic (exact) mass is 332 g/mol. The van der Waals surface area contributed by atoms with Crippen molar-refractivity contribution in [3.8, 4) is 0 Å². The third kappa shape index (κ3) is 3.50. The Hall–Kier alpha value is -2.41. The zero-order chi connectivity index (χ0) is 16.2. The lowest BCUT2D eigenvalue weighted by Crippen LogP contribution is -2.32. The summed E-state index contributed by atoms with van der Waals surface area (Å²) >= 11 is 5.81. The van der Waals surface area contributed by atoms with E-state index in [2.05, 4.69) is 27.5 Å². The lowest BCUT2D eigenvalue weighted by atomic mass is 10.1. The molecule has 120 valence electrons. The van der Waals surface area contributed by atoms with Crippen LogP contribution < -0.4 is 5.32 Å². The van der Waals surface area contributed by atoms with Gasteiger partial charge < -0.3 is 5.32 Å². The van der Waals surface area contributed by atoms with Crippen molar-refractivity contribution in [2.45, 2.75) is 32.4 Å². The Morgan fingerprint density at radius 3 is 3.00 bits per heavy atom. The van der Waals surface area contributed by atoms with E-state index in [-0.39, 0.29) is 18.5 Å². The minimum Gasteiger partial charge on any atom is -0.344 e. The molecule has 0 aliphatic heterocycles. The molecular formula is C15H17ClN6O. The molecule has 3 aromatic rings. The summed E-state index contributed by atoms with van der Waals surface area (Å²) in [6.45, 7) is 2.18. The van der Waals surface area contributed by atoms with Crippen molar-refractivity contribution >= 4 is 23.2 Å². The van der Waals surface area contributed by atoms with Gasteiger partial charge in [-0.15, -0.1) is 10.2 Å². The van der Waals surface area contributed by atoms with E-state index in [9.17, 15) is 4.79 Å². The van der Waals surface area contributed by atoms with E-state index in [1.807, 2.05) is 28.8 Å². The first kappa shape index (κ1) is 15.5. The first-order chi connectivity index (χ1) is 11.2. The molecule has 8 heteroatoms. The molecule has 0 aliphatic rings. The maximum absolute atomic E-state index is 12.3. The Kier molecular flexibility index (Phi) is 4.57. The van der Waals surface area contributed by atoms with Gasteiger partial charge in [0.15, 0.2) is 11.5 Å². The number of halogens is 1. The third-order valence-corrected chi connectivity index (χ3v) is 3.67. The van der Waals surface area contributed by atoms with E-state index in [0.29, 0.717) is 5.02 Å². The summed E-state index contributed by atoms with van der Waals surface area (Å²) in [6, 6.07) is 5.50. The van der Waals surface area contributed by atoms with Crippen molar-refractivity contribution in [3.63, 3.8) is 0 Å². The summed E-state index contributed by atoms with van der Waals surface area (Å²) in [6.07, 6.45) is 6.71. The summed E-state index contributed by atoms with van der Waals surface area (Å²) in [5.74, 6) is 0.588. The summed E-state index contributed by atoms with van der Waals surface area (Å²) in [4.78, 5) is 12.3. The van der Waals surface area contributed by atoms with Crippen LogP contribution in [0.2, 0.25) is 5.02 Å². The Balaban J connectivity index is 1.77. The second-order valence-corrected chi connectivity index (χ2v) is 5.69. The fourth-order valence-electron chi connectivity index (χ4n) is 2.46. The van der Waals surface area contributed by atoms with Gasteiger partial charge >= 0.3 is 0 Å². The number of hydrogen-bond acceptors (Lipinski definition) is 4. The summed E-state index contributed by atoms with van der Waals surface area (Å²) < 4.78 is 3.40. The van der Waals surface area contributed by atoms with Crippen LogP contribution in [0.4, 0.5) is 0 Å². The minimum absolute atomic E-state index is 0.115. The van der Waals surface area contributed by atoms with Gasteiger partial charge in [-0.1, -0.05) is 31.0 Å². The molecule has 0 bridgehead atoms. The number of nitrogens with zero attached hydrogens (tertiary/aromatic N) is 5. The van der Waals surface area contributed by atoms with Gasteiger partial charge in [-0.25, -0.2) is 0 Å². The maximum Gasteiger partial charge on any atom is 0.242 e. The first-order valence-electron chi connectivity index (χ1n) is 7.44. The van der Waals surface area contributed by atoms with E-state index < -0.39 is 0 Å². The molecule has 3 heterocycles. The van der Waals surface area contributed by atoms with Crippen molar-refractivity contribution in [2.75, 3.05) is 0 Å². The molecule has 1 atom stereocenters. The van der Waals surface area contributed by atoms with Crippen molar-refractivity contribution < 1.29 is 4.79 Å². The zero-order valence-electron chi connectivity index (χ0n) is 12.7. The molecule has 0 saturated heterocycles. The highest BCUT2D eigenvalue weighted by Crippen LogP contribution is 2.17. The van der Waals surface area contributed by atoms with Crippen LogP contribution in [-0.4, -0.2) is 30.3 Å². The summed E-state index contributed by atoms with van der Waals surface area (Å²) in [5.41, 5.74) is 0.761. The smallest absolute Gasteiger partial charge is 0.242 e. The highest BCUT2D eigenvalue weighted by Gasteiger charge is 2.19. The normalized spacial score (nSPS) is 12.4. The average molecular weight is 333 g/mol. The lowest BCUT2D eigenvalue weighted by Gasteiger charge is -2.16. The van der Waals surface area contributed by atoms with Gasteiger partial charge in [0, 0.05) is 12.4 Å². The van der Waals surface area contributed by atoms with E-state index >= 15 is 0 Å². The molecule has 0 fully saturated rings. The summed E-state index contributed by atoms with van der Waals surface area (Å²) in [5, 5.41) is 15.9. The minimum atomic E-state index is -0.198. The molecular weight excluding hydrogens is 316 g/mol. The number of carbonyl (C=O) groups excluding carboxylic acids is 1. The van der Waals surface area contributed by atoms with Crippen LogP contribution in [0, 0.1) is 0 Å². The molecule has 0 saturated carbocycles. The SMILES string of the molecule is CCCC(NC(=O)Cn1cc(Cl)cn1)c1nnc2ccccn12. The molecule has 7 nitrogen and oxygen atoms in total. The first-order valence-corrected chi connectivity index (χ1v) is 7.82. The molecule has 1 amide bonds. The average Bonchev–Trinajstić information content (AvgIpc) is 3.13. The van der Waals surface area contributed by atoms with Crippen LogP contribution in [-0.2, 0) is 11.3 Å². The van der Waals surface area contributed by atoms with Crippen LogP contribution in [0.3, 0.4) is 0 Å². The number of aromatic nitrogens is 5. The molecule has 0 spiro atoms. The lowest BCUT2D eigenvalue weighted by molar-refractivity contribution is -0.122. The topological polar surface area (TPSA) is 77.1 Å². The van der Waals surface area contributed by atoms with Crippen LogP contribution in [0.25, 0.3) is 5.65 Å². The molecule has 1 N–H and O–H groups in total. The molecule has 3 aromatic heterocycles. The van der Waals surface area contributed by atoms with E-state index in [4.69, 9.17) is 11.6 Å². The predicted molar refractivity (Wildman–Crippen MR) is 86.0 cm³/mol. The number of pyridine rings is 1. The Morgan fingerprint density at radius 2 is 2.26 bits per heavy atom. The van der Waals surface area contributed by atoms with Gasteiger partial charge in [0.2, 0.25) is 5.91 Å². The number of fused-ring (bicyclic) bond motifs is 1. The van der Waals surface area contributed by atoms with Crippen LogP contribution >= 0.6 is 11.6 Å². The fourth-order valence-corrected chi connectivity index (χ4v) is 2.62. The maximum atomic E-state index is 12.3. The second kappa shape index (κ2) is 6.78. The van der Waals surface area contributed by atoms with E-state index in [0.717, 1.165) is 24.3 Å². The van der Waals surface area contributed by atoms with Gasteiger partial charge in [-0.3, -0.25) is 13.9 Å². The highest BCUT2D eigenvalue weighted by atomic mass is 35.5. The number of amides is 1. The zero-order valence-corrected chi connectivity index (χ0v) is 13.4. The number of rotatable bonds is 6.